The molecular formula is C11H13ClFN3. The average molecular weight is 242 g/mol. The van der Waals surface area contributed by atoms with E-state index < -0.39 is 5.82 Å². The molecule has 0 radical (unpaired) electrons. The van der Waals surface area contributed by atoms with Gasteiger partial charge in [-0.1, -0.05) is 17.7 Å². The first kappa shape index (κ1) is 11.3. The van der Waals surface area contributed by atoms with E-state index in [1.54, 1.807) is 0 Å². The second kappa shape index (κ2) is 4.78. The van der Waals surface area contributed by atoms with Crippen molar-refractivity contribution in [3.8, 4) is 0 Å². The van der Waals surface area contributed by atoms with Crippen molar-refractivity contribution in [2.45, 2.75) is 25.3 Å². The SMILES string of the molecule is C=CC1CCCCN1c1ncnc(Cl)c1F. The van der Waals surface area contributed by atoms with E-state index in [1.807, 2.05) is 11.0 Å². The Balaban J connectivity index is 2.34. The van der Waals surface area contributed by atoms with E-state index in [0.717, 1.165) is 25.8 Å². The van der Waals surface area contributed by atoms with Crippen molar-refractivity contribution in [2.75, 3.05) is 11.4 Å². The molecule has 5 heteroatoms. The van der Waals surface area contributed by atoms with Crippen LogP contribution in [0.4, 0.5) is 10.2 Å². The first-order valence-electron chi connectivity index (χ1n) is 5.29. The zero-order chi connectivity index (χ0) is 11.5. The van der Waals surface area contributed by atoms with Gasteiger partial charge in [0.25, 0.3) is 0 Å². The fourth-order valence-electron chi connectivity index (χ4n) is 2.01. The van der Waals surface area contributed by atoms with E-state index in [0.29, 0.717) is 0 Å². The van der Waals surface area contributed by atoms with Crippen LogP contribution >= 0.6 is 11.6 Å². The third kappa shape index (κ3) is 2.02. The molecule has 1 aliphatic rings. The smallest absolute Gasteiger partial charge is 0.202 e. The van der Waals surface area contributed by atoms with Gasteiger partial charge in [-0.15, -0.1) is 6.58 Å². The summed E-state index contributed by atoms with van der Waals surface area (Å²) in [5, 5.41) is -0.126. The summed E-state index contributed by atoms with van der Waals surface area (Å²) in [4.78, 5) is 9.48. The Labute approximate surface area is 99.0 Å². The van der Waals surface area contributed by atoms with Crippen molar-refractivity contribution in [3.05, 3.63) is 30.0 Å². The molecule has 2 heterocycles. The maximum absolute atomic E-state index is 13.8. The Bertz CT molecular complexity index is 397. The van der Waals surface area contributed by atoms with Gasteiger partial charge in [-0.25, -0.2) is 9.97 Å². The van der Waals surface area contributed by atoms with E-state index in [4.69, 9.17) is 11.6 Å². The van der Waals surface area contributed by atoms with Gasteiger partial charge in [-0.2, -0.15) is 4.39 Å². The third-order valence-electron chi connectivity index (χ3n) is 2.82. The second-order valence-corrected chi connectivity index (χ2v) is 4.15. The number of rotatable bonds is 2. The molecule has 1 fully saturated rings. The highest BCUT2D eigenvalue weighted by molar-refractivity contribution is 6.29. The van der Waals surface area contributed by atoms with Gasteiger partial charge >= 0.3 is 0 Å². The normalized spacial score (nSPS) is 20.9. The summed E-state index contributed by atoms with van der Waals surface area (Å²) in [5.74, 6) is -0.262. The lowest BCUT2D eigenvalue weighted by Crippen LogP contribution is -2.39. The quantitative estimate of drug-likeness (QED) is 0.589. The highest BCUT2D eigenvalue weighted by atomic mass is 35.5. The van der Waals surface area contributed by atoms with E-state index in [2.05, 4.69) is 16.5 Å². The van der Waals surface area contributed by atoms with Gasteiger partial charge < -0.3 is 4.90 Å². The predicted molar refractivity (Wildman–Crippen MR) is 62.2 cm³/mol. The third-order valence-corrected chi connectivity index (χ3v) is 3.09. The van der Waals surface area contributed by atoms with Crippen LogP contribution in [0.15, 0.2) is 19.0 Å². The maximum atomic E-state index is 13.8. The molecule has 1 unspecified atom stereocenters. The van der Waals surface area contributed by atoms with Gasteiger partial charge in [0, 0.05) is 12.6 Å². The Kier molecular flexibility index (Phi) is 3.39. The molecule has 0 aliphatic carbocycles. The Hall–Kier alpha value is -1.16. The number of hydrogen-bond donors (Lipinski definition) is 0. The second-order valence-electron chi connectivity index (χ2n) is 3.79. The summed E-state index contributed by atoms with van der Waals surface area (Å²) >= 11 is 5.65. The molecule has 1 atom stereocenters. The van der Waals surface area contributed by atoms with Crippen LogP contribution in [0, 0.1) is 5.82 Å². The predicted octanol–water partition coefficient (Wildman–Crippen LogP) is 2.81. The summed E-state index contributed by atoms with van der Waals surface area (Å²) in [7, 11) is 0. The van der Waals surface area contributed by atoms with Crippen LogP contribution in [0.3, 0.4) is 0 Å². The minimum atomic E-state index is -0.544. The van der Waals surface area contributed by atoms with Crippen molar-refractivity contribution in [1.29, 1.82) is 0 Å². The number of piperidine rings is 1. The topological polar surface area (TPSA) is 29.0 Å². The fraction of sp³-hybridized carbons (Fsp3) is 0.455. The van der Waals surface area contributed by atoms with Crippen LogP contribution in [0.25, 0.3) is 0 Å². The lowest BCUT2D eigenvalue weighted by molar-refractivity contribution is 0.496. The zero-order valence-electron chi connectivity index (χ0n) is 8.87. The fourth-order valence-corrected chi connectivity index (χ4v) is 2.13. The Morgan fingerprint density at radius 1 is 1.50 bits per heavy atom. The molecule has 1 aliphatic heterocycles. The molecule has 1 aromatic heterocycles. The average Bonchev–Trinajstić information content (AvgIpc) is 2.33. The molecule has 86 valence electrons. The van der Waals surface area contributed by atoms with Crippen LogP contribution in [-0.2, 0) is 0 Å². The molecule has 3 nitrogen and oxygen atoms in total. The molecular weight excluding hydrogens is 229 g/mol. The minimum Gasteiger partial charge on any atom is -0.348 e. The minimum absolute atomic E-state index is 0.126. The summed E-state index contributed by atoms with van der Waals surface area (Å²) in [5.41, 5.74) is 0. The van der Waals surface area contributed by atoms with Crippen LogP contribution in [0.5, 0.6) is 0 Å². The summed E-state index contributed by atoms with van der Waals surface area (Å²) < 4.78 is 13.8. The molecule has 2 rings (SSSR count). The number of aromatic nitrogens is 2. The van der Waals surface area contributed by atoms with Crippen molar-refractivity contribution >= 4 is 17.4 Å². The lowest BCUT2D eigenvalue weighted by Gasteiger charge is -2.34. The summed E-state index contributed by atoms with van der Waals surface area (Å²) in [6.45, 7) is 4.55. The summed E-state index contributed by atoms with van der Waals surface area (Å²) in [6.07, 6.45) is 6.26. The molecule has 1 saturated heterocycles. The monoisotopic (exact) mass is 241 g/mol. The first-order valence-corrected chi connectivity index (χ1v) is 5.67. The number of hydrogen-bond acceptors (Lipinski definition) is 3. The van der Waals surface area contributed by atoms with Gasteiger partial charge in [0.05, 0.1) is 0 Å². The largest absolute Gasteiger partial charge is 0.348 e. The van der Waals surface area contributed by atoms with Crippen LogP contribution in [0.1, 0.15) is 19.3 Å². The van der Waals surface area contributed by atoms with Gasteiger partial charge in [0.15, 0.2) is 11.0 Å². The lowest BCUT2D eigenvalue weighted by atomic mass is 10.0. The van der Waals surface area contributed by atoms with E-state index in [1.165, 1.54) is 6.33 Å². The van der Waals surface area contributed by atoms with Gasteiger partial charge in [-0.05, 0) is 19.3 Å². The highest BCUT2D eigenvalue weighted by Gasteiger charge is 2.24. The van der Waals surface area contributed by atoms with Gasteiger partial charge in [0.1, 0.15) is 6.33 Å². The molecule has 16 heavy (non-hydrogen) atoms. The maximum Gasteiger partial charge on any atom is 0.202 e. The van der Waals surface area contributed by atoms with Crippen molar-refractivity contribution in [2.24, 2.45) is 0 Å². The molecule has 0 saturated carbocycles. The number of nitrogens with zero attached hydrogens (tertiary/aromatic N) is 3. The van der Waals surface area contributed by atoms with Gasteiger partial charge in [0.2, 0.25) is 5.82 Å². The summed E-state index contributed by atoms with van der Waals surface area (Å²) in [6, 6.07) is 0.134. The molecule has 0 spiro atoms. The molecule has 0 N–H and O–H groups in total. The standard InChI is InChI=1S/C11H13ClFN3/c1-2-8-5-3-4-6-16(8)11-9(13)10(12)14-7-15-11/h2,7-8H,1,3-6H2. The van der Waals surface area contributed by atoms with Crippen LogP contribution < -0.4 is 4.90 Å². The molecule has 0 amide bonds. The first-order chi connectivity index (χ1) is 7.74. The van der Waals surface area contributed by atoms with E-state index in [-0.39, 0.29) is 17.0 Å². The number of anilines is 1. The van der Waals surface area contributed by atoms with Gasteiger partial charge in [-0.3, -0.25) is 0 Å². The zero-order valence-corrected chi connectivity index (χ0v) is 9.62. The van der Waals surface area contributed by atoms with Crippen LogP contribution in [-0.4, -0.2) is 22.6 Å². The van der Waals surface area contributed by atoms with E-state index >= 15 is 0 Å². The van der Waals surface area contributed by atoms with Crippen molar-refractivity contribution < 1.29 is 4.39 Å². The van der Waals surface area contributed by atoms with E-state index in [9.17, 15) is 4.39 Å². The Morgan fingerprint density at radius 3 is 3.06 bits per heavy atom. The van der Waals surface area contributed by atoms with Crippen LogP contribution in [0.2, 0.25) is 5.15 Å². The number of halogens is 2. The van der Waals surface area contributed by atoms with Crippen molar-refractivity contribution in [1.82, 2.24) is 9.97 Å². The molecule has 1 aromatic rings. The molecule has 0 aromatic carbocycles. The highest BCUT2D eigenvalue weighted by Crippen LogP contribution is 2.27. The Morgan fingerprint density at radius 2 is 2.31 bits per heavy atom. The van der Waals surface area contributed by atoms with Crippen molar-refractivity contribution in [3.63, 3.8) is 0 Å². The molecule has 0 bridgehead atoms.